The average molecular weight is 335 g/mol. The first-order valence-corrected chi connectivity index (χ1v) is 7.40. The van der Waals surface area contributed by atoms with E-state index in [2.05, 4.69) is 15.3 Å². The Bertz CT molecular complexity index is 727. The summed E-state index contributed by atoms with van der Waals surface area (Å²) in [6.07, 6.45) is -1.47. The Hall–Kier alpha value is -2.77. The molecular formula is C16H15F2N3O3. The normalized spacial score (nSPS) is 16.0. The van der Waals surface area contributed by atoms with Gasteiger partial charge in [-0.25, -0.2) is 18.7 Å². The quantitative estimate of drug-likeness (QED) is 0.908. The first-order valence-electron chi connectivity index (χ1n) is 7.40. The summed E-state index contributed by atoms with van der Waals surface area (Å²) in [5.41, 5.74) is -0.567. The standard InChI is InChI=1S/C16H15F2N3O3/c17-15(18)11-7-12(21-9-20-11)16(22)19-6-5-10-8-23-13-3-1-2-4-14(13)24-10/h1-4,7,9-10,15H,5-6,8H2,(H,19,22). The number of alkyl halides is 2. The van der Waals surface area contributed by atoms with E-state index in [1.54, 1.807) is 0 Å². The summed E-state index contributed by atoms with van der Waals surface area (Å²) < 4.78 is 36.5. The molecule has 0 fully saturated rings. The van der Waals surface area contributed by atoms with Crippen LogP contribution in [0.3, 0.4) is 0 Å². The molecule has 1 aliphatic rings. The Labute approximate surface area is 136 Å². The van der Waals surface area contributed by atoms with Gasteiger partial charge in [0.15, 0.2) is 11.5 Å². The third-order valence-corrected chi connectivity index (χ3v) is 3.46. The van der Waals surface area contributed by atoms with Crippen LogP contribution in [0.4, 0.5) is 8.78 Å². The molecule has 3 rings (SSSR count). The molecule has 1 aliphatic heterocycles. The number of hydrogen-bond acceptors (Lipinski definition) is 5. The van der Waals surface area contributed by atoms with E-state index in [1.165, 1.54) is 0 Å². The fourth-order valence-electron chi connectivity index (χ4n) is 2.26. The monoisotopic (exact) mass is 335 g/mol. The minimum atomic E-state index is -2.74. The van der Waals surface area contributed by atoms with Gasteiger partial charge in [0.2, 0.25) is 0 Å². The van der Waals surface area contributed by atoms with Crippen LogP contribution in [0.5, 0.6) is 11.5 Å². The second-order valence-electron chi connectivity index (χ2n) is 5.17. The molecule has 1 aromatic heterocycles. The molecule has 0 bridgehead atoms. The van der Waals surface area contributed by atoms with Crippen LogP contribution in [0, 0.1) is 0 Å². The molecule has 0 saturated carbocycles. The third-order valence-electron chi connectivity index (χ3n) is 3.46. The fraction of sp³-hybridized carbons (Fsp3) is 0.312. The lowest BCUT2D eigenvalue weighted by Crippen LogP contribution is -2.34. The molecule has 2 aromatic rings. The zero-order valence-electron chi connectivity index (χ0n) is 12.6. The van der Waals surface area contributed by atoms with Gasteiger partial charge in [-0.05, 0) is 18.2 Å². The Morgan fingerprint density at radius 1 is 1.29 bits per heavy atom. The van der Waals surface area contributed by atoms with Gasteiger partial charge in [-0.3, -0.25) is 4.79 Å². The number of aromatic nitrogens is 2. The predicted octanol–water partition coefficient (Wildman–Crippen LogP) is 2.37. The predicted molar refractivity (Wildman–Crippen MR) is 80.3 cm³/mol. The summed E-state index contributed by atoms with van der Waals surface area (Å²) in [7, 11) is 0. The van der Waals surface area contributed by atoms with Gasteiger partial charge in [0.05, 0.1) is 0 Å². The van der Waals surface area contributed by atoms with Gasteiger partial charge in [-0.15, -0.1) is 0 Å². The Kier molecular flexibility index (Phi) is 4.83. The van der Waals surface area contributed by atoms with E-state index >= 15 is 0 Å². The number of hydrogen-bond donors (Lipinski definition) is 1. The van der Waals surface area contributed by atoms with Gasteiger partial charge in [-0.1, -0.05) is 12.1 Å². The molecule has 0 radical (unpaired) electrons. The van der Waals surface area contributed by atoms with Crippen molar-refractivity contribution in [2.75, 3.05) is 13.2 Å². The van der Waals surface area contributed by atoms with Gasteiger partial charge < -0.3 is 14.8 Å². The van der Waals surface area contributed by atoms with Crippen molar-refractivity contribution in [2.45, 2.75) is 19.0 Å². The lowest BCUT2D eigenvalue weighted by molar-refractivity contribution is 0.0811. The lowest BCUT2D eigenvalue weighted by Gasteiger charge is -2.26. The average Bonchev–Trinajstić information content (AvgIpc) is 2.61. The van der Waals surface area contributed by atoms with Crippen molar-refractivity contribution in [1.29, 1.82) is 0 Å². The number of ether oxygens (including phenoxy) is 2. The second kappa shape index (κ2) is 7.20. The number of halogens is 2. The smallest absolute Gasteiger partial charge is 0.280 e. The molecule has 8 heteroatoms. The number of carbonyl (C=O) groups is 1. The van der Waals surface area contributed by atoms with Crippen molar-refractivity contribution in [3.8, 4) is 11.5 Å². The molecule has 2 heterocycles. The van der Waals surface area contributed by atoms with Crippen LogP contribution >= 0.6 is 0 Å². The van der Waals surface area contributed by atoms with Gasteiger partial charge in [0.1, 0.15) is 30.4 Å². The Morgan fingerprint density at radius 2 is 2.08 bits per heavy atom. The number of nitrogens with zero attached hydrogens (tertiary/aromatic N) is 2. The van der Waals surface area contributed by atoms with Crippen molar-refractivity contribution in [1.82, 2.24) is 15.3 Å². The van der Waals surface area contributed by atoms with Gasteiger partial charge in [0, 0.05) is 13.0 Å². The number of para-hydroxylation sites is 2. The van der Waals surface area contributed by atoms with Gasteiger partial charge in [0.25, 0.3) is 12.3 Å². The maximum atomic E-state index is 12.6. The van der Waals surface area contributed by atoms with Gasteiger partial charge in [-0.2, -0.15) is 0 Å². The second-order valence-corrected chi connectivity index (χ2v) is 5.17. The summed E-state index contributed by atoms with van der Waals surface area (Å²) in [5.74, 6) is 0.826. The van der Waals surface area contributed by atoms with E-state index in [4.69, 9.17) is 9.47 Å². The van der Waals surface area contributed by atoms with Crippen molar-refractivity contribution in [3.63, 3.8) is 0 Å². The maximum Gasteiger partial charge on any atom is 0.280 e. The number of nitrogens with one attached hydrogen (secondary N) is 1. The highest BCUT2D eigenvalue weighted by molar-refractivity contribution is 5.92. The zero-order valence-corrected chi connectivity index (χ0v) is 12.6. The number of rotatable bonds is 5. The van der Waals surface area contributed by atoms with Crippen LogP contribution in [0.1, 0.15) is 29.0 Å². The molecule has 1 amide bonds. The topological polar surface area (TPSA) is 73.3 Å². The molecule has 126 valence electrons. The largest absolute Gasteiger partial charge is 0.486 e. The van der Waals surface area contributed by atoms with Crippen molar-refractivity contribution in [2.24, 2.45) is 0 Å². The maximum absolute atomic E-state index is 12.6. The molecule has 6 nitrogen and oxygen atoms in total. The molecular weight excluding hydrogens is 320 g/mol. The Morgan fingerprint density at radius 3 is 2.88 bits per heavy atom. The third kappa shape index (κ3) is 3.76. The summed E-state index contributed by atoms with van der Waals surface area (Å²) >= 11 is 0. The molecule has 0 spiro atoms. The highest BCUT2D eigenvalue weighted by Crippen LogP contribution is 2.31. The number of amides is 1. The van der Waals surface area contributed by atoms with Crippen LogP contribution in [-0.4, -0.2) is 35.1 Å². The van der Waals surface area contributed by atoms with Crippen LogP contribution < -0.4 is 14.8 Å². The van der Waals surface area contributed by atoms with E-state index in [9.17, 15) is 13.6 Å². The molecule has 1 unspecified atom stereocenters. The van der Waals surface area contributed by atoms with Crippen LogP contribution in [0.2, 0.25) is 0 Å². The van der Waals surface area contributed by atoms with Crippen molar-refractivity contribution in [3.05, 3.63) is 48.0 Å². The van der Waals surface area contributed by atoms with Crippen LogP contribution in [-0.2, 0) is 0 Å². The molecule has 1 N–H and O–H groups in total. The van der Waals surface area contributed by atoms with Crippen molar-refractivity contribution < 1.29 is 23.0 Å². The molecule has 0 saturated heterocycles. The summed E-state index contributed by atoms with van der Waals surface area (Å²) in [6, 6.07) is 8.33. The van der Waals surface area contributed by atoms with Gasteiger partial charge >= 0.3 is 0 Å². The summed E-state index contributed by atoms with van der Waals surface area (Å²) in [6.45, 7) is 0.693. The summed E-state index contributed by atoms with van der Waals surface area (Å²) in [4.78, 5) is 19.1. The highest BCUT2D eigenvalue weighted by atomic mass is 19.3. The van der Waals surface area contributed by atoms with E-state index in [-0.39, 0.29) is 11.8 Å². The first kappa shape index (κ1) is 16.1. The van der Waals surface area contributed by atoms with E-state index < -0.39 is 18.0 Å². The minimum Gasteiger partial charge on any atom is -0.486 e. The SMILES string of the molecule is O=C(NCCC1COc2ccccc2O1)c1cc(C(F)F)ncn1. The number of benzene rings is 1. The first-order chi connectivity index (χ1) is 11.6. The van der Waals surface area contributed by atoms with Crippen LogP contribution in [0.15, 0.2) is 36.7 Å². The Balaban J connectivity index is 1.50. The number of fused-ring (bicyclic) bond motifs is 1. The highest BCUT2D eigenvalue weighted by Gasteiger charge is 2.21. The molecule has 0 aliphatic carbocycles. The molecule has 1 aromatic carbocycles. The van der Waals surface area contributed by atoms with Crippen LogP contribution in [0.25, 0.3) is 0 Å². The van der Waals surface area contributed by atoms with E-state index in [0.29, 0.717) is 31.1 Å². The lowest BCUT2D eigenvalue weighted by atomic mass is 10.2. The molecule has 24 heavy (non-hydrogen) atoms. The van der Waals surface area contributed by atoms with Crippen molar-refractivity contribution >= 4 is 5.91 Å². The summed E-state index contributed by atoms with van der Waals surface area (Å²) in [5, 5.41) is 2.63. The minimum absolute atomic E-state index is 0.0912. The number of carbonyl (C=O) groups excluding carboxylic acids is 1. The zero-order chi connectivity index (χ0) is 16.9. The molecule has 1 atom stereocenters. The fourth-order valence-corrected chi connectivity index (χ4v) is 2.26. The van der Waals surface area contributed by atoms with E-state index in [0.717, 1.165) is 12.4 Å². The van der Waals surface area contributed by atoms with E-state index in [1.807, 2.05) is 24.3 Å².